The molecule has 0 aliphatic rings. The molecule has 23 heavy (non-hydrogen) atoms. The van der Waals surface area contributed by atoms with Gasteiger partial charge in [0.05, 0.1) is 17.2 Å². The fourth-order valence-corrected chi connectivity index (χ4v) is 2.99. The number of aromatic nitrogens is 3. The second-order valence-corrected chi connectivity index (χ2v) is 5.84. The van der Waals surface area contributed by atoms with Crippen molar-refractivity contribution in [2.45, 2.75) is 6.42 Å². The lowest BCUT2D eigenvalue weighted by Crippen LogP contribution is -1.95. The molecule has 0 saturated heterocycles. The molecule has 0 unspecified atom stereocenters. The zero-order chi connectivity index (χ0) is 15.8. The third-order valence-corrected chi connectivity index (χ3v) is 4.19. The van der Waals surface area contributed by atoms with Gasteiger partial charge in [-0.3, -0.25) is 9.55 Å². The topological polar surface area (TPSA) is 50.9 Å². The number of aliphatic hydroxyl groups excluding tert-OH is 1. The molecule has 0 radical (unpaired) electrons. The molecule has 4 nitrogen and oxygen atoms in total. The zero-order valence-corrected chi connectivity index (χ0v) is 13.0. The summed E-state index contributed by atoms with van der Waals surface area (Å²) in [4.78, 5) is 8.88. The Hall–Kier alpha value is -2.43. The van der Waals surface area contributed by atoms with Gasteiger partial charge >= 0.3 is 0 Å². The van der Waals surface area contributed by atoms with E-state index in [1.807, 2.05) is 47.0 Å². The van der Waals surface area contributed by atoms with Crippen LogP contribution in [0.15, 0.2) is 55.0 Å². The first kappa shape index (κ1) is 14.2. The molecule has 0 aliphatic carbocycles. The van der Waals surface area contributed by atoms with Crippen LogP contribution in [0.5, 0.6) is 0 Å². The van der Waals surface area contributed by atoms with Crippen LogP contribution in [0.4, 0.5) is 0 Å². The molecule has 0 atom stereocenters. The second kappa shape index (κ2) is 5.65. The van der Waals surface area contributed by atoms with E-state index in [1.165, 1.54) is 0 Å². The molecule has 2 aromatic carbocycles. The van der Waals surface area contributed by atoms with Gasteiger partial charge in [0.15, 0.2) is 0 Å². The summed E-state index contributed by atoms with van der Waals surface area (Å²) in [7, 11) is 0. The number of hydrogen-bond acceptors (Lipinski definition) is 3. The largest absolute Gasteiger partial charge is 0.396 e. The first-order chi connectivity index (χ1) is 11.3. The summed E-state index contributed by atoms with van der Waals surface area (Å²) in [6.45, 7) is 0.155. The van der Waals surface area contributed by atoms with Crippen molar-refractivity contribution in [1.29, 1.82) is 0 Å². The Kier molecular flexibility index (Phi) is 3.48. The highest BCUT2D eigenvalue weighted by Crippen LogP contribution is 2.27. The van der Waals surface area contributed by atoms with Crippen LogP contribution in [0.25, 0.3) is 27.6 Å². The maximum Gasteiger partial charge on any atom is 0.108 e. The van der Waals surface area contributed by atoms with Gasteiger partial charge in [-0.2, -0.15) is 0 Å². The Balaban J connectivity index is 1.94. The van der Waals surface area contributed by atoms with Crippen molar-refractivity contribution < 1.29 is 5.11 Å². The molecule has 0 fully saturated rings. The molecule has 2 heterocycles. The van der Waals surface area contributed by atoms with Crippen LogP contribution in [-0.4, -0.2) is 26.2 Å². The van der Waals surface area contributed by atoms with E-state index < -0.39 is 0 Å². The Labute approximate surface area is 138 Å². The van der Waals surface area contributed by atoms with E-state index in [2.05, 4.69) is 9.97 Å². The monoisotopic (exact) mass is 323 g/mol. The molecule has 0 aliphatic heterocycles. The summed E-state index contributed by atoms with van der Waals surface area (Å²) in [6, 6.07) is 13.8. The highest BCUT2D eigenvalue weighted by Gasteiger charge is 2.10. The van der Waals surface area contributed by atoms with Gasteiger partial charge in [-0.05, 0) is 42.3 Å². The van der Waals surface area contributed by atoms with Gasteiger partial charge < -0.3 is 5.11 Å². The summed E-state index contributed by atoms with van der Waals surface area (Å²) in [5.74, 6) is 0. The zero-order valence-electron chi connectivity index (χ0n) is 12.3. The van der Waals surface area contributed by atoms with Crippen LogP contribution in [-0.2, 0) is 6.42 Å². The van der Waals surface area contributed by atoms with Gasteiger partial charge in [-0.15, -0.1) is 0 Å². The first-order valence-electron chi connectivity index (χ1n) is 7.38. The van der Waals surface area contributed by atoms with Crippen molar-refractivity contribution in [2.75, 3.05) is 6.61 Å². The minimum Gasteiger partial charge on any atom is -0.396 e. The summed E-state index contributed by atoms with van der Waals surface area (Å²) < 4.78 is 2.04. The first-order valence-corrected chi connectivity index (χ1v) is 7.75. The molecule has 5 heteroatoms. The normalized spacial score (nSPS) is 11.4. The van der Waals surface area contributed by atoms with Crippen molar-refractivity contribution >= 4 is 33.5 Å². The number of aliphatic hydroxyl groups is 1. The van der Waals surface area contributed by atoms with Crippen molar-refractivity contribution in [2.24, 2.45) is 0 Å². The van der Waals surface area contributed by atoms with Crippen LogP contribution in [0, 0.1) is 0 Å². The Morgan fingerprint density at radius 3 is 2.61 bits per heavy atom. The minimum atomic E-state index is 0.155. The number of benzene rings is 2. The van der Waals surface area contributed by atoms with Gasteiger partial charge in [0.25, 0.3) is 0 Å². The summed E-state index contributed by atoms with van der Waals surface area (Å²) in [5, 5.41) is 10.7. The number of fused-ring (bicyclic) bond motifs is 3. The van der Waals surface area contributed by atoms with Crippen LogP contribution < -0.4 is 0 Å². The van der Waals surface area contributed by atoms with Crippen LogP contribution in [0.3, 0.4) is 0 Å². The molecule has 4 rings (SSSR count). The average Bonchev–Trinajstić information content (AvgIpc) is 3.00. The van der Waals surface area contributed by atoms with Crippen molar-refractivity contribution in [1.82, 2.24) is 14.5 Å². The molecule has 0 bridgehead atoms. The molecular formula is C18H14ClN3O. The Bertz CT molecular complexity index is 992. The highest BCUT2D eigenvalue weighted by atomic mass is 35.5. The number of pyridine rings is 1. The predicted octanol–water partition coefficient (Wildman–Crippen LogP) is 3.76. The summed E-state index contributed by atoms with van der Waals surface area (Å²) >= 11 is 6.16. The molecule has 0 amide bonds. The fraction of sp³-hybridized carbons (Fsp3) is 0.111. The standard InChI is InChI=1S/C18H14ClN3O/c19-13-3-6-16-15(9-13)18-17(10-20-16)21-11-22(18)14-4-1-12(2-5-14)7-8-23/h1-6,9-11,23H,7-8H2. The number of imidazole rings is 1. The third kappa shape index (κ3) is 2.46. The van der Waals surface area contributed by atoms with E-state index in [0.29, 0.717) is 11.4 Å². The number of hydrogen-bond donors (Lipinski definition) is 1. The fourth-order valence-electron chi connectivity index (χ4n) is 2.81. The predicted molar refractivity (Wildman–Crippen MR) is 92.2 cm³/mol. The smallest absolute Gasteiger partial charge is 0.108 e. The third-order valence-electron chi connectivity index (χ3n) is 3.95. The van der Waals surface area contributed by atoms with Crippen LogP contribution in [0.2, 0.25) is 5.02 Å². The van der Waals surface area contributed by atoms with Crippen LogP contribution in [0.1, 0.15) is 5.56 Å². The van der Waals surface area contributed by atoms with Crippen molar-refractivity contribution in [3.8, 4) is 5.69 Å². The van der Waals surface area contributed by atoms with Gasteiger partial charge in [0.1, 0.15) is 11.8 Å². The lowest BCUT2D eigenvalue weighted by Gasteiger charge is -2.08. The van der Waals surface area contributed by atoms with Gasteiger partial charge in [-0.25, -0.2) is 4.98 Å². The number of halogens is 1. The van der Waals surface area contributed by atoms with Crippen LogP contribution >= 0.6 is 11.6 Å². The summed E-state index contributed by atoms with van der Waals surface area (Å²) in [6.07, 6.45) is 4.24. The average molecular weight is 324 g/mol. The van der Waals surface area contributed by atoms with E-state index in [-0.39, 0.29) is 6.61 Å². The van der Waals surface area contributed by atoms with E-state index in [9.17, 15) is 0 Å². The van der Waals surface area contributed by atoms with E-state index in [4.69, 9.17) is 16.7 Å². The number of nitrogens with zero attached hydrogens (tertiary/aromatic N) is 3. The maximum atomic E-state index is 9.02. The summed E-state index contributed by atoms with van der Waals surface area (Å²) in [5.41, 5.74) is 4.84. The lowest BCUT2D eigenvalue weighted by molar-refractivity contribution is 0.299. The lowest BCUT2D eigenvalue weighted by atomic mass is 10.1. The van der Waals surface area contributed by atoms with E-state index in [0.717, 1.165) is 33.2 Å². The van der Waals surface area contributed by atoms with Crippen molar-refractivity contribution in [3.05, 3.63) is 65.6 Å². The van der Waals surface area contributed by atoms with Gasteiger partial charge in [0, 0.05) is 22.7 Å². The quantitative estimate of drug-likeness (QED) is 0.624. The van der Waals surface area contributed by atoms with E-state index >= 15 is 0 Å². The minimum absolute atomic E-state index is 0.155. The molecule has 0 saturated carbocycles. The molecule has 0 spiro atoms. The highest BCUT2D eigenvalue weighted by molar-refractivity contribution is 6.31. The molecule has 4 aromatic rings. The van der Waals surface area contributed by atoms with Gasteiger partial charge in [0.2, 0.25) is 0 Å². The number of rotatable bonds is 3. The second-order valence-electron chi connectivity index (χ2n) is 5.41. The molecule has 114 valence electrons. The maximum absolute atomic E-state index is 9.02. The Morgan fingerprint density at radius 2 is 1.83 bits per heavy atom. The molecular weight excluding hydrogens is 310 g/mol. The molecule has 2 aromatic heterocycles. The van der Waals surface area contributed by atoms with Crippen molar-refractivity contribution in [3.63, 3.8) is 0 Å². The Morgan fingerprint density at radius 1 is 1.00 bits per heavy atom. The van der Waals surface area contributed by atoms with Gasteiger partial charge in [-0.1, -0.05) is 23.7 Å². The van der Waals surface area contributed by atoms with E-state index in [1.54, 1.807) is 12.5 Å². The molecule has 1 N–H and O–H groups in total. The SMILES string of the molecule is OCCc1ccc(-n2cnc3cnc4ccc(Cl)cc4c32)cc1.